The molecule has 2 saturated carbocycles. The van der Waals surface area contributed by atoms with E-state index < -0.39 is 5.97 Å². The fourth-order valence-corrected chi connectivity index (χ4v) is 5.00. The van der Waals surface area contributed by atoms with E-state index in [1.54, 1.807) is 0 Å². The number of carbonyl (C=O) groups is 1. The fraction of sp³-hybridized carbons (Fsp3) is 0.619. The number of carboxylic acid groups (broad SMARTS) is 1. The lowest BCUT2D eigenvalue weighted by atomic mass is 9.80. The molecule has 0 aromatic carbocycles. The van der Waals surface area contributed by atoms with E-state index in [-0.39, 0.29) is 17.6 Å². The van der Waals surface area contributed by atoms with E-state index in [1.165, 1.54) is 12.8 Å². The summed E-state index contributed by atoms with van der Waals surface area (Å²) < 4.78 is 1.91. The molecule has 2 fully saturated rings. The molecule has 0 radical (unpaired) electrons. The van der Waals surface area contributed by atoms with Crippen LogP contribution < -0.4 is 5.32 Å². The van der Waals surface area contributed by atoms with Crippen LogP contribution in [-0.2, 0) is 16.2 Å². The SMILES string of the molecule is CCn1nc(C)c2c(NC3CC(C(=O)O)C3)c(C3=NOC4(CCCC4)C3)cnc21. The van der Waals surface area contributed by atoms with Gasteiger partial charge in [0.2, 0.25) is 0 Å². The second-order valence-corrected chi connectivity index (χ2v) is 8.69. The summed E-state index contributed by atoms with van der Waals surface area (Å²) in [6.07, 6.45) is 8.42. The molecule has 0 unspecified atom stereocenters. The summed E-state index contributed by atoms with van der Waals surface area (Å²) in [6, 6.07) is 0.133. The van der Waals surface area contributed by atoms with E-state index in [4.69, 9.17) is 9.82 Å². The lowest BCUT2D eigenvalue weighted by molar-refractivity contribution is -0.144. The largest absolute Gasteiger partial charge is 0.481 e. The molecule has 2 N–H and O–H groups in total. The average molecular weight is 397 g/mol. The van der Waals surface area contributed by atoms with Gasteiger partial charge in [-0.1, -0.05) is 5.16 Å². The van der Waals surface area contributed by atoms with Gasteiger partial charge in [0, 0.05) is 30.8 Å². The Bertz CT molecular complexity index is 999. The van der Waals surface area contributed by atoms with Crippen LogP contribution in [0.15, 0.2) is 11.4 Å². The predicted octanol–water partition coefficient (Wildman–Crippen LogP) is 3.47. The monoisotopic (exact) mass is 397 g/mol. The zero-order valence-electron chi connectivity index (χ0n) is 16.9. The van der Waals surface area contributed by atoms with Gasteiger partial charge in [0.15, 0.2) is 5.65 Å². The van der Waals surface area contributed by atoms with Crippen LogP contribution in [0, 0.1) is 12.8 Å². The maximum Gasteiger partial charge on any atom is 0.306 e. The van der Waals surface area contributed by atoms with Crippen molar-refractivity contribution in [3.05, 3.63) is 17.5 Å². The van der Waals surface area contributed by atoms with Crippen LogP contribution in [0.4, 0.5) is 5.69 Å². The summed E-state index contributed by atoms with van der Waals surface area (Å²) in [5.74, 6) is -0.975. The van der Waals surface area contributed by atoms with Crippen LogP contribution in [0.5, 0.6) is 0 Å². The van der Waals surface area contributed by atoms with E-state index in [0.29, 0.717) is 12.8 Å². The second kappa shape index (κ2) is 6.71. The highest BCUT2D eigenvalue weighted by Gasteiger charge is 2.43. The first-order valence-corrected chi connectivity index (χ1v) is 10.6. The number of nitrogens with one attached hydrogen (secondary N) is 1. The number of nitrogens with zero attached hydrogens (tertiary/aromatic N) is 4. The summed E-state index contributed by atoms with van der Waals surface area (Å²) in [7, 11) is 0. The van der Waals surface area contributed by atoms with Crippen LogP contribution in [0.25, 0.3) is 11.0 Å². The van der Waals surface area contributed by atoms with Crippen molar-refractivity contribution in [1.29, 1.82) is 0 Å². The fourth-order valence-electron chi connectivity index (χ4n) is 5.00. The molecule has 0 atom stereocenters. The Morgan fingerprint density at radius 1 is 1.38 bits per heavy atom. The third kappa shape index (κ3) is 2.96. The first-order valence-electron chi connectivity index (χ1n) is 10.6. The van der Waals surface area contributed by atoms with Gasteiger partial charge in [-0.15, -0.1) is 0 Å². The molecule has 0 amide bonds. The third-order valence-electron chi connectivity index (χ3n) is 6.74. The standard InChI is InChI=1S/C21H27N5O3/c1-3-26-19-17(12(2)24-26)18(23-14-8-13(9-14)20(27)28)15(11-22-19)16-10-21(29-25-16)6-4-5-7-21/h11,13-14H,3-10H2,1-2H3,(H,22,23)(H,27,28). The summed E-state index contributed by atoms with van der Waals surface area (Å²) in [4.78, 5) is 21.9. The maximum atomic E-state index is 11.2. The lowest BCUT2D eigenvalue weighted by Gasteiger charge is -2.34. The number of pyridine rings is 1. The Balaban J connectivity index is 1.53. The number of hydrogen-bond donors (Lipinski definition) is 2. The zero-order valence-corrected chi connectivity index (χ0v) is 16.9. The van der Waals surface area contributed by atoms with Gasteiger partial charge in [-0.2, -0.15) is 5.10 Å². The molecule has 1 aliphatic heterocycles. The van der Waals surface area contributed by atoms with Crippen molar-refractivity contribution in [3.8, 4) is 0 Å². The molecule has 5 rings (SSSR count). The number of carboxylic acids is 1. The van der Waals surface area contributed by atoms with Gasteiger partial charge >= 0.3 is 5.97 Å². The quantitative estimate of drug-likeness (QED) is 0.801. The molecule has 0 saturated heterocycles. The highest BCUT2D eigenvalue weighted by molar-refractivity contribution is 6.11. The maximum absolute atomic E-state index is 11.2. The number of anilines is 1. The molecule has 2 aromatic heterocycles. The van der Waals surface area contributed by atoms with Gasteiger partial charge in [-0.3, -0.25) is 4.79 Å². The first-order chi connectivity index (χ1) is 14.0. The van der Waals surface area contributed by atoms with Gasteiger partial charge in [-0.05, 0) is 52.4 Å². The smallest absolute Gasteiger partial charge is 0.306 e. The lowest BCUT2D eigenvalue weighted by Crippen LogP contribution is -2.39. The Labute approximate surface area is 169 Å². The Morgan fingerprint density at radius 3 is 2.83 bits per heavy atom. The number of aryl methyl sites for hydroxylation is 2. The molecule has 2 aromatic rings. The summed E-state index contributed by atoms with van der Waals surface area (Å²) >= 11 is 0. The summed E-state index contributed by atoms with van der Waals surface area (Å²) in [6.45, 7) is 4.79. The first kappa shape index (κ1) is 18.4. The van der Waals surface area contributed by atoms with Crippen molar-refractivity contribution in [2.75, 3.05) is 5.32 Å². The Hall–Kier alpha value is -2.64. The number of hydrogen-bond acceptors (Lipinski definition) is 6. The molecule has 3 heterocycles. The molecule has 0 bridgehead atoms. The molecule has 3 aliphatic rings. The van der Waals surface area contributed by atoms with Crippen molar-refractivity contribution in [3.63, 3.8) is 0 Å². The van der Waals surface area contributed by atoms with E-state index >= 15 is 0 Å². The second-order valence-electron chi connectivity index (χ2n) is 8.69. The number of aliphatic carboxylic acids is 1. The van der Waals surface area contributed by atoms with Crippen molar-refractivity contribution in [2.24, 2.45) is 11.1 Å². The molecular weight excluding hydrogens is 370 g/mol. The molecule has 8 nitrogen and oxygen atoms in total. The minimum absolute atomic E-state index is 0.133. The van der Waals surface area contributed by atoms with E-state index in [1.807, 2.05) is 17.8 Å². The van der Waals surface area contributed by atoms with Gasteiger partial charge in [0.25, 0.3) is 0 Å². The van der Waals surface area contributed by atoms with Crippen molar-refractivity contribution in [2.45, 2.75) is 77.0 Å². The molecule has 8 heteroatoms. The molecule has 2 aliphatic carbocycles. The normalized spacial score (nSPS) is 25.1. The number of aromatic nitrogens is 3. The van der Waals surface area contributed by atoms with Crippen molar-refractivity contribution >= 4 is 28.4 Å². The van der Waals surface area contributed by atoms with Crippen LogP contribution >= 0.6 is 0 Å². The van der Waals surface area contributed by atoms with Crippen LogP contribution in [0.2, 0.25) is 0 Å². The van der Waals surface area contributed by atoms with Gasteiger partial charge < -0.3 is 15.3 Å². The van der Waals surface area contributed by atoms with Gasteiger partial charge in [-0.25, -0.2) is 9.67 Å². The number of rotatable bonds is 5. The molecule has 154 valence electrons. The highest BCUT2D eigenvalue weighted by Crippen LogP contribution is 2.43. The Morgan fingerprint density at radius 2 is 2.14 bits per heavy atom. The predicted molar refractivity (Wildman–Crippen MR) is 109 cm³/mol. The van der Waals surface area contributed by atoms with Crippen molar-refractivity contribution < 1.29 is 14.7 Å². The van der Waals surface area contributed by atoms with E-state index in [9.17, 15) is 9.90 Å². The third-order valence-corrected chi connectivity index (χ3v) is 6.74. The van der Waals surface area contributed by atoms with Crippen LogP contribution in [0.1, 0.15) is 63.1 Å². The van der Waals surface area contributed by atoms with Crippen LogP contribution in [0.3, 0.4) is 0 Å². The topological polar surface area (TPSA) is 102 Å². The molecule has 29 heavy (non-hydrogen) atoms. The molecular formula is C21H27N5O3. The Kier molecular flexibility index (Phi) is 4.26. The van der Waals surface area contributed by atoms with Crippen LogP contribution in [-0.4, -0.2) is 43.2 Å². The zero-order chi connectivity index (χ0) is 20.2. The van der Waals surface area contributed by atoms with E-state index in [2.05, 4.69) is 22.5 Å². The average Bonchev–Trinajstić information content (AvgIpc) is 3.38. The van der Waals surface area contributed by atoms with E-state index in [0.717, 1.165) is 59.5 Å². The minimum Gasteiger partial charge on any atom is -0.481 e. The summed E-state index contributed by atoms with van der Waals surface area (Å²) in [5, 5.41) is 23.0. The highest BCUT2D eigenvalue weighted by atomic mass is 16.7. The minimum atomic E-state index is -0.713. The van der Waals surface area contributed by atoms with Gasteiger partial charge in [0.05, 0.1) is 28.4 Å². The summed E-state index contributed by atoms with van der Waals surface area (Å²) in [5.41, 5.74) is 4.48. The molecule has 1 spiro atoms. The van der Waals surface area contributed by atoms with Gasteiger partial charge in [0.1, 0.15) is 5.60 Å². The number of fused-ring (bicyclic) bond motifs is 1. The van der Waals surface area contributed by atoms with Crippen molar-refractivity contribution in [1.82, 2.24) is 14.8 Å². The number of oxime groups is 1.